The number of nitrogens with zero attached hydrogens (tertiary/aromatic N) is 1. The van der Waals surface area contributed by atoms with Gasteiger partial charge in [-0.1, -0.05) is 25.3 Å². The summed E-state index contributed by atoms with van der Waals surface area (Å²) < 4.78 is 5.58. The monoisotopic (exact) mass is 385 g/mol. The Labute approximate surface area is 164 Å². The molecule has 1 aromatic carbocycles. The molecule has 1 aliphatic heterocycles. The van der Waals surface area contributed by atoms with Crippen LogP contribution in [-0.2, 0) is 4.79 Å². The number of rotatable bonds is 5. The van der Waals surface area contributed by atoms with Gasteiger partial charge in [0.05, 0.1) is 18.7 Å². The van der Waals surface area contributed by atoms with Crippen molar-refractivity contribution in [2.75, 3.05) is 25.5 Å². The van der Waals surface area contributed by atoms with E-state index < -0.39 is 0 Å². The predicted molar refractivity (Wildman–Crippen MR) is 110 cm³/mol. The molecule has 1 aliphatic carbocycles. The molecule has 0 radical (unpaired) electrons. The van der Waals surface area contributed by atoms with Gasteiger partial charge < -0.3 is 15.4 Å². The summed E-state index contributed by atoms with van der Waals surface area (Å²) in [6.07, 6.45) is 7.40. The van der Waals surface area contributed by atoms with E-state index in [9.17, 15) is 4.79 Å². The zero-order valence-corrected chi connectivity index (χ0v) is 16.6. The summed E-state index contributed by atoms with van der Waals surface area (Å²) in [4.78, 5) is 17.0. The standard InChI is InChI=1S/C21H27N3O2S/c1-26-19-8-7-15(14-5-3-2-4-6-14)11-17(19)18-13-27-21(23-18)24-20(25)16-9-10-22-12-16/h7-8,11,13-14,16,22H,2-6,9-10,12H2,1H3,(H,23,24,25)/t16-/m1/s1. The fourth-order valence-corrected chi connectivity index (χ4v) is 4.87. The molecule has 6 heteroatoms. The van der Waals surface area contributed by atoms with Crippen molar-refractivity contribution in [1.29, 1.82) is 0 Å². The number of benzene rings is 1. The molecule has 0 spiro atoms. The molecule has 27 heavy (non-hydrogen) atoms. The van der Waals surface area contributed by atoms with Gasteiger partial charge >= 0.3 is 0 Å². The van der Waals surface area contributed by atoms with Gasteiger partial charge in [-0.15, -0.1) is 11.3 Å². The Morgan fingerprint density at radius 1 is 1.26 bits per heavy atom. The maximum absolute atomic E-state index is 12.3. The molecule has 2 aliphatic rings. The molecule has 2 N–H and O–H groups in total. The number of hydrogen-bond acceptors (Lipinski definition) is 5. The van der Waals surface area contributed by atoms with Crippen LogP contribution in [0.3, 0.4) is 0 Å². The van der Waals surface area contributed by atoms with Gasteiger partial charge in [0.25, 0.3) is 0 Å². The topological polar surface area (TPSA) is 63.2 Å². The first-order chi connectivity index (χ1) is 13.2. The first-order valence-electron chi connectivity index (χ1n) is 9.90. The number of anilines is 1. The van der Waals surface area contributed by atoms with Crippen molar-refractivity contribution < 1.29 is 9.53 Å². The summed E-state index contributed by atoms with van der Waals surface area (Å²) in [7, 11) is 1.70. The fraction of sp³-hybridized carbons (Fsp3) is 0.524. The van der Waals surface area contributed by atoms with Crippen molar-refractivity contribution in [1.82, 2.24) is 10.3 Å². The maximum atomic E-state index is 12.3. The van der Waals surface area contributed by atoms with Crippen molar-refractivity contribution in [2.24, 2.45) is 5.92 Å². The van der Waals surface area contributed by atoms with E-state index in [1.54, 1.807) is 7.11 Å². The Bertz CT molecular complexity index is 792. The van der Waals surface area contributed by atoms with Crippen LogP contribution in [0.4, 0.5) is 5.13 Å². The number of aromatic nitrogens is 1. The van der Waals surface area contributed by atoms with Gasteiger partial charge in [0.2, 0.25) is 5.91 Å². The Morgan fingerprint density at radius 3 is 2.85 bits per heavy atom. The minimum atomic E-state index is 0.0431. The van der Waals surface area contributed by atoms with Crippen LogP contribution in [0.25, 0.3) is 11.3 Å². The lowest BCUT2D eigenvalue weighted by molar-refractivity contribution is -0.119. The van der Waals surface area contributed by atoms with E-state index in [2.05, 4.69) is 33.8 Å². The molecule has 4 rings (SSSR count). The van der Waals surface area contributed by atoms with Crippen molar-refractivity contribution >= 4 is 22.4 Å². The largest absolute Gasteiger partial charge is 0.496 e. The van der Waals surface area contributed by atoms with E-state index in [0.29, 0.717) is 11.0 Å². The third-order valence-electron chi connectivity index (χ3n) is 5.74. The van der Waals surface area contributed by atoms with Crippen molar-refractivity contribution in [3.05, 3.63) is 29.1 Å². The van der Waals surface area contributed by atoms with Crippen LogP contribution < -0.4 is 15.4 Å². The van der Waals surface area contributed by atoms with E-state index in [0.717, 1.165) is 36.5 Å². The number of ether oxygens (including phenoxy) is 1. The second kappa shape index (κ2) is 8.40. The lowest BCUT2D eigenvalue weighted by atomic mass is 9.83. The molecule has 1 saturated carbocycles. The molecule has 1 atom stereocenters. The predicted octanol–water partition coefficient (Wildman–Crippen LogP) is 4.41. The first kappa shape index (κ1) is 18.4. The summed E-state index contributed by atoms with van der Waals surface area (Å²) in [5.74, 6) is 1.57. The third-order valence-corrected chi connectivity index (χ3v) is 6.50. The average Bonchev–Trinajstić information content (AvgIpc) is 3.40. The normalized spacial score (nSPS) is 20.6. The van der Waals surface area contributed by atoms with E-state index in [1.807, 2.05) is 5.38 Å². The highest BCUT2D eigenvalue weighted by Crippen LogP contribution is 2.38. The van der Waals surface area contributed by atoms with Gasteiger partial charge in [0.1, 0.15) is 5.75 Å². The van der Waals surface area contributed by atoms with Crippen LogP contribution in [0.15, 0.2) is 23.6 Å². The van der Waals surface area contributed by atoms with Crippen LogP contribution >= 0.6 is 11.3 Å². The number of carbonyl (C=O) groups excluding carboxylic acids is 1. The van der Waals surface area contributed by atoms with Gasteiger partial charge in [-0.05, 0) is 49.4 Å². The molecule has 1 aromatic heterocycles. The third kappa shape index (κ3) is 4.17. The SMILES string of the molecule is COc1ccc(C2CCCCC2)cc1-c1csc(NC(=O)[C@@H]2CCNC2)n1. The van der Waals surface area contributed by atoms with E-state index in [4.69, 9.17) is 4.74 Å². The molecule has 2 aromatic rings. The lowest BCUT2D eigenvalue weighted by Gasteiger charge is -2.22. The summed E-state index contributed by atoms with van der Waals surface area (Å²) in [6, 6.07) is 6.48. The molecule has 5 nitrogen and oxygen atoms in total. The number of amides is 1. The Morgan fingerprint density at radius 2 is 2.11 bits per heavy atom. The molecule has 0 unspecified atom stereocenters. The van der Waals surface area contributed by atoms with Gasteiger partial charge in [-0.25, -0.2) is 4.98 Å². The van der Waals surface area contributed by atoms with Gasteiger partial charge in [0.15, 0.2) is 5.13 Å². The highest BCUT2D eigenvalue weighted by atomic mass is 32.1. The molecule has 2 fully saturated rings. The van der Waals surface area contributed by atoms with Gasteiger partial charge in [-0.3, -0.25) is 4.79 Å². The Hall–Kier alpha value is -1.92. The van der Waals surface area contributed by atoms with E-state index >= 15 is 0 Å². The lowest BCUT2D eigenvalue weighted by Crippen LogP contribution is -2.24. The summed E-state index contributed by atoms with van der Waals surface area (Å²) in [6.45, 7) is 1.66. The van der Waals surface area contributed by atoms with Crippen LogP contribution in [0.1, 0.15) is 50.0 Å². The molecule has 0 bridgehead atoms. The Balaban J connectivity index is 1.54. The molecular weight excluding hydrogens is 358 g/mol. The van der Waals surface area contributed by atoms with Crippen molar-refractivity contribution in [3.63, 3.8) is 0 Å². The fourth-order valence-electron chi connectivity index (χ4n) is 4.16. The molecular formula is C21H27N3O2S. The minimum absolute atomic E-state index is 0.0431. The van der Waals surface area contributed by atoms with Crippen molar-refractivity contribution in [2.45, 2.75) is 44.4 Å². The molecule has 2 heterocycles. The van der Waals surface area contributed by atoms with Gasteiger partial charge in [-0.2, -0.15) is 0 Å². The number of methoxy groups -OCH3 is 1. The van der Waals surface area contributed by atoms with E-state index in [1.165, 1.54) is 49.0 Å². The van der Waals surface area contributed by atoms with E-state index in [-0.39, 0.29) is 11.8 Å². The number of carbonyl (C=O) groups is 1. The maximum Gasteiger partial charge on any atom is 0.230 e. The zero-order chi connectivity index (χ0) is 18.6. The highest BCUT2D eigenvalue weighted by Gasteiger charge is 2.23. The molecule has 1 amide bonds. The highest BCUT2D eigenvalue weighted by molar-refractivity contribution is 7.14. The van der Waals surface area contributed by atoms with Crippen molar-refractivity contribution in [3.8, 4) is 17.0 Å². The smallest absolute Gasteiger partial charge is 0.230 e. The molecule has 144 valence electrons. The summed E-state index contributed by atoms with van der Waals surface area (Å²) in [5.41, 5.74) is 3.26. The second-order valence-corrected chi connectivity index (χ2v) is 8.37. The molecule has 1 saturated heterocycles. The first-order valence-corrected chi connectivity index (χ1v) is 10.8. The van der Waals surface area contributed by atoms with Crippen LogP contribution in [-0.4, -0.2) is 31.1 Å². The summed E-state index contributed by atoms with van der Waals surface area (Å²) >= 11 is 1.47. The van der Waals surface area contributed by atoms with Crippen LogP contribution in [0.2, 0.25) is 0 Å². The number of thiazole rings is 1. The van der Waals surface area contributed by atoms with Gasteiger partial charge in [0, 0.05) is 17.5 Å². The second-order valence-electron chi connectivity index (χ2n) is 7.51. The minimum Gasteiger partial charge on any atom is -0.496 e. The summed E-state index contributed by atoms with van der Waals surface area (Å²) in [5, 5.41) is 8.87. The Kier molecular flexibility index (Phi) is 5.74. The average molecular weight is 386 g/mol. The number of hydrogen-bond donors (Lipinski definition) is 2. The number of nitrogens with one attached hydrogen (secondary N) is 2. The van der Waals surface area contributed by atoms with Crippen LogP contribution in [0, 0.1) is 5.92 Å². The van der Waals surface area contributed by atoms with Crippen LogP contribution in [0.5, 0.6) is 5.75 Å². The quantitative estimate of drug-likeness (QED) is 0.800. The zero-order valence-electron chi connectivity index (χ0n) is 15.8.